The third-order valence-electron chi connectivity index (χ3n) is 4.89. The van der Waals surface area contributed by atoms with E-state index in [0.717, 1.165) is 25.0 Å². The van der Waals surface area contributed by atoms with Crippen LogP contribution in [-0.2, 0) is 11.0 Å². The number of methoxy groups -OCH3 is 1. The molecule has 2 N–H and O–H groups in total. The fraction of sp³-hybridized carbons (Fsp3) is 0.350. The zero-order chi connectivity index (χ0) is 22.6. The fourth-order valence-corrected chi connectivity index (χ4v) is 3.35. The molecule has 0 saturated carbocycles. The molecular formula is C20H21F3N4O4. The molecule has 2 aromatic carbocycles. The maximum absolute atomic E-state index is 13.2. The highest BCUT2D eigenvalue weighted by Crippen LogP contribution is 2.36. The van der Waals surface area contributed by atoms with Crippen molar-refractivity contribution in [3.63, 3.8) is 0 Å². The van der Waals surface area contributed by atoms with Gasteiger partial charge in [-0.05, 0) is 43.2 Å². The largest absolute Gasteiger partial charge is 0.496 e. The molecule has 0 atom stereocenters. The van der Waals surface area contributed by atoms with E-state index in [1.807, 2.05) is 4.90 Å². The molecule has 8 nitrogen and oxygen atoms in total. The Morgan fingerprint density at radius 2 is 1.87 bits per heavy atom. The first-order valence-corrected chi connectivity index (χ1v) is 9.51. The molecular weight excluding hydrogens is 417 g/mol. The molecule has 3 rings (SSSR count). The predicted octanol–water partition coefficient (Wildman–Crippen LogP) is 4.27. The van der Waals surface area contributed by atoms with Crippen molar-refractivity contribution in [3.8, 4) is 5.75 Å². The van der Waals surface area contributed by atoms with E-state index in [9.17, 15) is 28.1 Å². The molecule has 1 heterocycles. The summed E-state index contributed by atoms with van der Waals surface area (Å²) in [6, 6.07) is 7.32. The van der Waals surface area contributed by atoms with Crippen LogP contribution in [0.4, 0.5) is 35.9 Å². The highest BCUT2D eigenvalue weighted by Gasteiger charge is 2.31. The number of halogens is 3. The van der Waals surface area contributed by atoms with Crippen LogP contribution in [0.15, 0.2) is 36.4 Å². The minimum absolute atomic E-state index is 0.0404. The second-order valence-corrected chi connectivity index (χ2v) is 6.97. The van der Waals surface area contributed by atoms with Crippen LogP contribution >= 0.6 is 0 Å². The van der Waals surface area contributed by atoms with Gasteiger partial charge in [0.2, 0.25) is 5.91 Å². The minimum atomic E-state index is -4.52. The molecule has 1 fully saturated rings. The lowest BCUT2D eigenvalue weighted by molar-refractivity contribution is -0.384. The summed E-state index contributed by atoms with van der Waals surface area (Å²) in [6.45, 7) is 1.06. The Balaban J connectivity index is 1.77. The standard InChI is InChI=1S/C20H21F3N4O4/c1-31-14-5-6-15(18(11-14)27(29)30)25-19(28)12-24-16-10-13(20(21,22)23)4-7-17(16)26-8-2-3-9-26/h4-7,10-11,24H,2-3,8-9,12H2,1H3,(H,25,28). The maximum Gasteiger partial charge on any atom is 0.416 e. The topological polar surface area (TPSA) is 96.7 Å². The van der Waals surface area contributed by atoms with Crippen LogP contribution in [0.25, 0.3) is 0 Å². The molecule has 0 aromatic heterocycles. The van der Waals surface area contributed by atoms with Gasteiger partial charge < -0.3 is 20.3 Å². The Hall–Kier alpha value is -3.50. The molecule has 1 aliphatic rings. The van der Waals surface area contributed by atoms with Crippen molar-refractivity contribution < 1.29 is 27.6 Å². The smallest absolute Gasteiger partial charge is 0.416 e. The van der Waals surface area contributed by atoms with Crippen LogP contribution < -0.4 is 20.3 Å². The normalized spacial score (nSPS) is 13.7. The van der Waals surface area contributed by atoms with Gasteiger partial charge in [0.25, 0.3) is 5.69 Å². The summed E-state index contributed by atoms with van der Waals surface area (Å²) in [6.07, 6.45) is -2.66. The molecule has 11 heteroatoms. The van der Waals surface area contributed by atoms with Crippen molar-refractivity contribution in [3.05, 3.63) is 52.1 Å². The zero-order valence-electron chi connectivity index (χ0n) is 16.7. The first kappa shape index (κ1) is 22.2. The maximum atomic E-state index is 13.2. The van der Waals surface area contributed by atoms with Crippen LogP contribution in [0.3, 0.4) is 0 Å². The average molecular weight is 438 g/mol. The number of nitro benzene ring substituents is 1. The monoisotopic (exact) mass is 438 g/mol. The molecule has 31 heavy (non-hydrogen) atoms. The van der Waals surface area contributed by atoms with E-state index in [1.54, 1.807) is 0 Å². The minimum Gasteiger partial charge on any atom is -0.496 e. The van der Waals surface area contributed by atoms with Gasteiger partial charge in [-0.1, -0.05) is 0 Å². The van der Waals surface area contributed by atoms with Gasteiger partial charge in [0.05, 0.1) is 41.6 Å². The van der Waals surface area contributed by atoms with Crippen LogP contribution in [-0.4, -0.2) is 37.6 Å². The van der Waals surface area contributed by atoms with Crippen molar-refractivity contribution in [1.82, 2.24) is 0 Å². The average Bonchev–Trinajstić information content (AvgIpc) is 3.26. The number of anilines is 3. The lowest BCUT2D eigenvalue weighted by Crippen LogP contribution is -2.25. The van der Waals surface area contributed by atoms with Gasteiger partial charge in [-0.15, -0.1) is 0 Å². The molecule has 0 aliphatic carbocycles. The summed E-state index contributed by atoms with van der Waals surface area (Å²) in [5, 5.41) is 16.4. The van der Waals surface area contributed by atoms with Gasteiger partial charge in [0.1, 0.15) is 11.4 Å². The summed E-state index contributed by atoms with van der Waals surface area (Å²) in [4.78, 5) is 24.9. The molecule has 1 amide bonds. The number of hydrogen-bond acceptors (Lipinski definition) is 6. The predicted molar refractivity (Wildman–Crippen MR) is 110 cm³/mol. The number of nitro groups is 1. The second kappa shape index (κ2) is 9.11. The van der Waals surface area contributed by atoms with Crippen molar-refractivity contribution in [2.75, 3.05) is 42.3 Å². The van der Waals surface area contributed by atoms with Crippen molar-refractivity contribution in [1.29, 1.82) is 0 Å². The van der Waals surface area contributed by atoms with Gasteiger partial charge in [-0.3, -0.25) is 14.9 Å². The fourth-order valence-electron chi connectivity index (χ4n) is 3.35. The molecule has 0 unspecified atom stereocenters. The lowest BCUT2D eigenvalue weighted by atomic mass is 10.1. The van der Waals surface area contributed by atoms with E-state index in [4.69, 9.17) is 4.74 Å². The van der Waals surface area contributed by atoms with Crippen LogP contribution in [0.5, 0.6) is 5.75 Å². The number of benzene rings is 2. The zero-order valence-corrected chi connectivity index (χ0v) is 16.7. The van der Waals surface area contributed by atoms with Crippen molar-refractivity contribution in [2.45, 2.75) is 19.0 Å². The molecule has 1 saturated heterocycles. The molecule has 0 radical (unpaired) electrons. The quantitative estimate of drug-likeness (QED) is 0.495. The summed E-state index contributed by atoms with van der Waals surface area (Å²) in [7, 11) is 1.36. The first-order chi connectivity index (χ1) is 14.7. The second-order valence-electron chi connectivity index (χ2n) is 6.97. The van der Waals surface area contributed by atoms with Gasteiger partial charge in [0, 0.05) is 13.1 Å². The third-order valence-corrected chi connectivity index (χ3v) is 4.89. The molecule has 166 valence electrons. The number of amides is 1. The van der Waals surface area contributed by atoms with E-state index in [1.165, 1.54) is 31.4 Å². The summed E-state index contributed by atoms with van der Waals surface area (Å²) < 4.78 is 44.4. The first-order valence-electron chi connectivity index (χ1n) is 9.51. The summed E-state index contributed by atoms with van der Waals surface area (Å²) in [5.74, 6) is -0.389. The third kappa shape index (κ3) is 5.36. The molecule has 1 aliphatic heterocycles. The number of nitrogens with one attached hydrogen (secondary N) is 2. The number of carbonyl (C=O) groups is 1. The van der Waals surface area contributed by atoms with Crippen molar-refractivity contribution >= 4 is 28.7 Å². The Morgan fingerprint density at radius 3 is 2.48 bits per heavy atom. The van der Waals surface area contributed by atoms with Crippen LogP contribution in [0.2, 0.25) is 0 Å². The summed E-state index contributed by atoms with van der Waals surface area (Å²) in [5.41, 5.74) is -0.472. The van der Waals surface area contributed by atoms with Gasteiger partial charge in [0.15, 0.2) is 0 Å². The van der Waals surface area contributed by atoms with Gasteiger partial charge in [-0.2, -0.15) is 13.2 Å². The SMILES string of the molecule is COc1ccc(NC(=O)CNc2cc(C(F)(F)F)ccc2N2CCCC2)c([N+](=O)[O-])c1. The Bertz CT molecular complexity index is 975. The Morgan fingerprint density at radius 1 is 1.16 bits per heavy atom. The number of hydrogen-bond donors (Lipinski definition) is 2. The molecule has 0 bridgehead atoms. The van der Waals surface area contributed by atoms with E-state index < -0.39 is 22.6 Å². The van der Waals surface area contributed by atoms with Gasteiger partial charge in [-0.25, -0.2) is 0 Å². The number of carbonyl (C=O) groups excluding carboxylic acids is 1. The van der Waals surface area contributed by atoms with E-state index in [-0.39, 0.29) is 29.4 Å². The summed E-state index contributed by atoms with van der Waals surface area (Å²) >= 11 is 0. The number of nitrogens with zero attached hydrogens (tertiary/aromatic N) is 2. The van der Waals surface area contributed by atoms with Crippen LogP contribution in [0, 0.1) is 10.1 Å². The highest BCUT2D eigenvalue weighted by molar-refractivity contribution is 5.96. The molecule has 0 spiro atoms. The lowest BCUT2D eigenvalue weighted by Gasteiger charge is -2.23. The van der Waals surface area contributed by atoms with Gasteiger partial charge >= 0.3 is 6.18 Å². The highest BCUT2D eigenvalue weighted by atomic mass is 19.4. The number of alkyl halides is 3. The Labute approximate surface area is 176 Å². The number of ether oxygens (including phenoxy) is 1. The van der Waals surface area contributed by atoms with E-state index >= 15 is 0 Å². The Kier molecular flexibility index (Phi) is 6.52. The van der Waals surface area contributed by atoms with E-state index in [2.05, 4.69) is 10.6 Å². The van der Waals surface area contributed by atoms with E-state index in [0.29, 0.717) is 18.8 Å². The van der Waals surface area contributed by atoms with Crippen LogP contribution in [0.1, 0.15) is 18.4 Å². The molecule has 2 aromatic rings. The number of rotatable bonds is 7. The van der Waals surface area contributed by atoms with Crippen molar-refractivity contribution in [2.24, 2.45) is 0 Å².